The number of aromatic amines is 2. The number of hydrogen-bond acceptors (Lipinski definition) is 8. The summed E-state index contributed by atoms with van der Waals surface area (Å²) in [6, 6.07) is 0. The van der Waals surface area contributed by atoms with Gasteiger partial charge in [-0.1, -0.05) is 41.7 Å². The molecule has 2 aliphatic rings. The SMILES string of the molecule is Cc1c(C(=O)O)sc2nc(C=C3CCCC3)[nH]c(=S)c12.Cc1c(C(=O)O)sc2nc(CC3=CCCC3)[nH]c(=S)c12. The molecule has 1 saturated carbocycles. The smallest absolute Gasteiger partial charge is 0.346 e. The van der Waals surface area contributed by atoms with Crippen LogP contribution in [0.4, 0.5) is 0 Å². The van der Waals surface area contributed by atoms with E-state index in [1.807, 2.05) is 0 Å². The van der Waals surface area contributed by atoms with Crippen LogP contribution in [0.25, 0.3) is 26.5 Å². The molecule has 12 heteroatoms. The summed E-state index contributed by atoms with van der Waals surface area (Å²) in [4.78, 5) is 39.8. The average molecular weight is 613 g/mol. The number of carboxylic acids is 2. The van der Waals surface area contributed by atoms with Gasteiger partial charge in [-0.3, -0.25) is 0 Å². The van der Waals surface area contributed by atoms with Crippen LogP contribution in [0.1, 0.15) is 87.1 Å². The second kappa shape index (κ2) is 11.8. The number of carbonyl (C=O) groups is 2. The number of nitrogens with zero attached hydrogens (tertiary/aromatic N) is 2. The fourth-order valence-corrected chi connectivity index (χ4v) is 8.13. The summed E-state index contributed by atoms with van der Waals surface area (Å²) in [5.41, 5.74) is 4.17. The molecule has 40 heavy (non-hydrogen) atoms. The van der Waals surface area contributed by atoms with Crippen molar-refractivity contribution in [3.63, 3.8) is 0 Å². The van der Waals surface area contributed by atoms with E-state index in [9.17, 15) is 19.8 Å². The number of carboxylic acid groups (broad SMARTS) is 2. The van der Waals surface area contributed by atoms with E-state index in [-0.39, 0.29) is 0 Å². The monoisotopic (exact) mass is 612 g/mol. The first-order valence-corrected chi connectivity index (χ1v) is 15.5. The third-order valence-electron chi connectivity index (χ3n) is 7.17. The average Bonchev–Trinajstić information content (AvgIpc) is 3.68. The van der Waals surface area contributed by atoms with Gasteiger partial charge in [0.1, 0.15) is 40.3 Å². The van der Waals surface area contributed by atoms with Gasteiger partial charge in [0.25, 0.3) is 0 Å². The van der Waals surface area contributed by atoms with E-state index in [1.54, 1.807) is 13.8 Å². The maximum absolute atomic E-state index is 11.2. The lowest BCUT2D eigenvalue weighted by molar-refractivity contribution is 0.0690. The molecule has 1 fully saturated rings. The predicted octanol–water partition coefficient (Wildman–Crippen LogP) is 8.33. The molecule has 6 rings (SSSR count). The maximum atomic E-state index is 11.2. The van der Waals surface area contributed by atoms with Crippen LogP contribution in [0.2, 0.25) is 0 Å². The molecule has 0 spiro atoms. The number of fused-ring (bicyclic) bond motifs is 2. The van der Waals surface area contributed by atoms with Gasteiger partial charge >= 0.3 is 11.9 Å². The third kappa shape index (κ3) is 5.85. The second-order valence-corrected chi connectivity index (χ2v) is 12.8. The molecule has 8 nitrogen and oxygen atoms in total. The molecule has 0 unspecified atom stereocenters. The number of aryl methyl sites for hydroxylation is 2. The number of nitrogens with one attached hydrogen (secondary N) is 2. The standard InChI is InChI=1S/2C14H14N2O2S2/c2*1-7-10-12(19)15-9(6-8-4-2-3-5-8)16-13(10)20-11(7)14(17)18/h6H,2-5H2,1H3,(H,17,18)(H,15,16,19);4H,2-3,5-6H2,1H3,(H,17,18)(H,15,16,19). The lowest BCUT2D eigenvalue weighted by Gasteiger charge is -2.03. The molecule has 2 aliphatic carbocycles. The topological polar surface area (TPSA) is 132 Å². The van der Waals surface area contributed by atoms with Crippen molar-refractivity contribution in [2.45, 2.75) is 65.2 Å². The van der Waals surface area contributed by atoms with Crippen molar-refractivity contribution in [2.75, 3.05) is 0 Å². The Bertz CT molecular complexity index is 1830. The summed E-state index contributed by atoms with van der Waals surface area (Å²) < 4.78 is 1.16. The van der Waals surface area contributed by atoms with Crippen LogP contribution >= 0.6 is 47.1 Å². The molecule has 0 amide bonds. The van der Waals surface area contributed by atoms with Crippen molar-refractivity contribution in [3.8, 4) is 0 Å². The van der Waals surface area contributed by atoms with Crippen LogP contribution in [0.15, 0.2) is 17.2 Å². The zero-order valence-corrected chi connectivity index (χ0v) is 25.3. The van der Waals surface area contributed by atoms with E-state index in [0.29, 0.717) is 35.0 Å². The van der Waals surface area contributed by atoms with E-state index in [2.05, 4.69) is 32.1 Å². The highest BCUT2D eigenvalue weighted by Gasteiger charge is 2.19. The number of H-pyrrole nitrogens is 2. The largest absolute Gasteiger partial charge is 0.477 e. The van der Waals surface area contributed by atoms with E-state index >= 15 is 0 Å². The van der Waals surface area contributed by atoms with Crippen molar-refractivity contribution >= 4 is 85.6 Å². The summed E-state index contributed by atoms with van der Waals surface area (Å²) in [5, 5.41) is 19.9. The minimum atomic E-state index is -0.921. The Kier molecular flexibility index (Phi) is 8.41. The van der Waals surface area contributed by atoms with Crippen molar-refractivity contribution in [1.82, 2.24) is 19.9 Å². The Labute approximate surface area is 248 Å². The summed E-state index contributed by atoms with van der Waals surface area (Å²) >= 11 is 13.1. The number of allylic oxidation sites excluding steroid dienone is 3. The third-order valence-corrected chi connectivity index (χ3v) is 10.1. The van der Waals surface area contributed by atoms with Gasteiger partial charge in [-0.2, -0.15) is 0 Å². The molecule has 0 saturated heterocycles. The Hall–Kier alpha value is -3.06. The van der Waals surface area contributed by atoms with Gasteiger partial charge in [-0.05, 0) is 76.0 Å². The molecule has 208 valence electrons. The van der Waals surface area contributed by atoms with Gasteiger partial charge < -0.3 is 20.2 Å². The number of thiophene rings is 2. The highest BCUT2D eigenvalue weighted by Crippen LogP contribution is 2.32. The summed E-state index contributed by atoms with van der Waals surface area (Å²) in [6.45, 7) is 3.56. The number of aromatic nitrogens is 4. The number of aromatic carboxylic acids is 2. The van der Waals surface area contributed by atoms with Crippen LogP contribution in [0.5, 0.6) is 0 Å². The lowest BCUT2D eigenvalue weighted by atomic mass is 10.1. The van der Waals surface area contributed by atoms with Crippen molar-refractivity contribution in [3.05, 3.63) is 59.0 Å². The van der Waals surface area contributed by atoms with Crippen molar-refractivity contribution in [1.29, 1.82) is 0 Å². The van der Waals surface area contributed by atoms with E-state index in [1.165, 1.54) is 53.1 Å². The van der Waals surface area contributed by atoms with Crippen LogP contribution in [0.3, 0.4) is 0 Å². The van der Waals surface area contributed by atoms with Gasteiger partial charge in [-0.25, -0.2) is 19.6 Å². The van der Waals surface area contributed by atoms with Crippen molar-refractivity contribution < 1.29 is 19.8 Å². The molecule has 0 atom stereocenters. The summed E-state index contributed by atoms with van der Waals surface area (Å²) in [7, 11) is 0. The Morgan fingerprint density at radius 3 is 2.02 bits per heavy atom. The molecule has 0 bridgehead atoms. The van der Waals surface area contributed by atoms with E-state index < -0.39 is 11.9 Å². The van der Waals surface area contributed by atoms with Crippen molar-refractivity contribution in [2.24, 2.45) is 0 Å². The fourth-order valence-electron chi connectivity index (χ4n) is 5.19. The zero-order chi connectivity index (χ0) is 28.6. The lowest BCUT2D eigenvalue weighted by Crippen LogP contribution is -1.97. The van der Waals surface area contributed by atoms with E-state index in [4.69, 9.17) is 24.4 Å². The highest BCUT2D eigenvalue weighted by atomic mass is 32.1. The minimum absolute atomic E-state index is 0.317. The minimum Gasteiger partial charge on any atom is -0.477 e. The normalized spacial score (nSPS) is 14.8. The first kappa shape index (κ1) is 28.5. The molecule has 4 N–H and O–H groups in total. The molecule has 4 aromatic heterocycles. The molecule has 4 heterocycles. The second-order valence-electron chi connectivity index (χ2n) is 9.99. The molecule has 0 aromatic carbocycles. The van der Waals surface area contributed by atoms with Gasteiger partial charge in [0.15, 0.2) is 0 Å². The first-order valence-electron chi connectivity index (χ1n) is 13.0. The highest BCUT2D eigenvalue weighted by molar-refractivity contribution is 7.71. The predicted molar refractivity (Wildman–Crippen MR) is 165 cm³/mol. The van der Waals surface area contributed by atoms with Crippen LogP contribution in [-0.4, -0.2) is 42.1 Å². The Balaban J connectivity index is 0.000000161. The quantitative estimate of drug-likeness (QED) is 0.131. The Morgan fingerprint density at radius 2 is 1.48 bits per heavy atom. The van der Waals surface area contributed by atoms with Gasteiger partial charge in [0.2, 0.25) is 0 Å². The first-order chi connectivity index (χ1) is 19.1. The summed E-state index contributed by atoms with van der Waals surface area (Å²) in [5.74, 6) is -0.276. The van der Waals surface area contributed by atoms with Crippen LogP contribution < -0.4 is 0 Å². The van der Waals surface area contributed by atoms with Crippen LogP contribution in [-0.2, 0) is 6.42 Å². The van der Waals surface area contributed by atoms with Gasteiger partial charge in [-0.15, -0.1) is 22.7 Å². The molecule has 4 aromatic rings. The fraction of sp³-hybridized carbons (Fsp3) is 0.357. The number of rotatable bonds is 5. The molecular formula is C28H28N4O4S4. The number of hydrogen-bond donors (Lipinski definition) is 4. The zero-order valence-electron chi connectivity index (χ0n) is 22.0. The summed E-state index contributed by atoms with van der Waals surface area (Å²) in [6.07, 6.45) is 13.2. The van der Waals surface area contributed by atoms with Crippen LogP contribution in [0, 0.1) is 23.1 Å². The van der Waals surface area contributed by atoms with E-state index in [0.717, 1.165) is 59.4 Å². The Morgan fingerprint density at radius 1 is 0.900 bits per heavy atom. The van der Waals surface area contributed by atoms with Gasteiger partial charge in [0, 0.05) is 17.2 Å². The molecule has 0 aliphatic heterocycles. The maximum Gasteiger partial charge on any atom is 0.346 e. The molecule has 0 radical (unpaired) electrons. The van der Waals surface area contributed by atoms with Gasteiger partial charge in [0.05, 0.1) is 0 Å². The molecular weight excluding hydrogens is 585 g/mol.